The van der Waals surface area contributed by atoms with Crippen molar-refractivity contribution in [1.29, 1.82) is 0 Å². The number of alkyl halides is 3. The van der Waals surface area contributed by atoms with Gasteiger partial charge in [0, 0.05) is 11.6 Å². The summed E-state index contributed by atoms with van der Waals surface area (Å²) in [6.07, 6.45) is -1.49. The highest BCUT2D eigenvalue weighted by Gasteiger charge is 2.38. The average molecular weight is 417 g/mol. The second-order valence-corrected chi connectivity index (χ2v) is 6.27. The molecule has 1 N–H and O–H groups in total. The number of nitrogens with one attached hydrogen (secondary N) is 1. The molecule has 0 saturated carbocycles. The fourth-order valence-electron chi connectivity index (χ4n) is 2.50. The third kappa shape index (κ3) is 5.69. The topological polar surface area (TPSA) is 77.2 Å². The van der Waals surface area contributed by atoms with E-state index in [1.165, 1.54) is 18.2 Å². The van der Waals surface area contributed by atoms with Crippen LogP contribution in [0.5, 0.6) is 5.75 Å². The summed E-state index contributed by atoms with van der Waals surface area (Å²) in [5.74, 6) is -1.32. The maximum absolute atomic E-state index is 12.5. The van der Waals surface area contributed by atoms with Crippen LogP contribution >= 0.6 is 0 Å². The van der Waals surface area contributed by atoms with Gasteiger partial charge in [-0.3, -0.25) is 4.79 Å². The molecule has 0 aliphatic heterocycles. The number of ether oxygens (including phenoxy) is 1. The molecular weight excluding hydrogens is 399 g/mol. The van der Waals surface area contributed by atoms with Gasteiger partial charge in [-0.05, 0) is 48.4 Å². The van der Waals surface area contributed by atoms with Gasteiger partial charge >= 0.3 is 12.1 Å². The van der Waals surface area contributed by atoms with E-state index in [9.17, 15) is 18.0 Å². The molecule has 0 aliphatic rings. The molecule has 3 rings (SSSR count). The highest BCUT2D eigenvalue weighted by atomic mass is 19.4. The van der Waals surface area contributed by atoms with Gasteiger partial charge in [-0.25, -0.2) is 0 Å². The lowest BCUT2D eigenvalue weighted by molar-refractivity contribution is -0.159. The van der Waals surface area contributed by atoms with Crippen LogP contribution in [-0.2, 0) is 11.0 Å². The van der Waals surface area contributed by atoms with Crippen molar-refractivity contribution in [3.8, 4) is 17.1 Å². The molecular formula is C21H18F3N3O3. The van der Waals surface area contributed by atoms with Crippen molar-refractivity contribution in [1.82, 2.24) is 15.5 Å². The lowest BCUT2D eigenvalue weighted by atomic mass is 10.1. The van der Waals surface area contributed by atoms with Gasteiger partial charge in [0.2, 0.25) is 11.7 Å². The van der Waals surface area contributed by atoms with Gasteiger partial charge < -0.3 is 14.6 Å². The molecule has 0 atom stereocenters. The van der Waals surface area contributed by atoms with Crippen molar-refractivity contribution < 1.29 is 27.2 Å². The summed E-state index contributed by atoms with van der Waals surface area (Å²) in [6.45, 7) is 2.48. The Balaban J connectivity index is 1.45. The van der Waals surface area contributed by atoms with Gasteiger partial charge in [-0.15, -0.1) is 0 Å². The molecule has 9 heteroatoms. The monoisotopic (exact) mass is 417 g/mol. The minimum atomic E-state index is -4.69. The minimum absolute atomic E-state index is 0.165. The molecule has 2 aromatic carbocycles. The van der Waals surface area contributed by atoms with E-state index in [0.29, 0.717) is 17.9 Å². The first-order valence-electron chi connectivity index (χ1n) is 8.98. The van der Waals surface area contributed by atoms with Gasteiger partial charge in [-0.1, -0.05) is 29.4 Å². The first-order chi connectivity index (χ1) is 14.3. The number of carbonyl (C=O) groups excluding carboxylic acids is 1. The Labute approximate surface area is 170 Å². The van der Waals surface area contributed by atoms with Crippen molar-refractivity contribution in [3.05, 3.63) is 71.6 Å². The molecule has 156 valence electrons. The first kappa shape index (κ1) is 21.1. The number of aryl methyl sites for hydroxylation is 1. The molecule has 0 bridgehead atoms. The molecule has 1 amide bonds. The van der Waals surface area contributed by atoms with E-state index in [1.54, 1.807) is 18.2 Å². The Hall–Kier alpha value is -3.62. The zero-order valence-electron chi connectivity index (χ0n) is 15.9. The van der Waals surface area contributed by atoms with Crippen LogP contribution in [0.4, 0.5) is 13.2 Å². The van der Waals surface area contributed by atoms with Crippen LogP contribution in [0, 0.1) is 6.92 Å². The van der Waals surface area contributed by atoms with Crippen molar-refractivity contribution in [2.75, 3.05) is 13.2 Å². The van der Waals surface area contributed by atoms with Crippen LogP contribution in [0.1, 0.15) is 17.0 Å². The van der Waals surface area contributed by atoms with Crippen LogP contribution in [0.3, 0.4) is 0 Å². The van der Waals surface area contributed by atoms with Crippen molar-refractivity contribution in [2.45, 2.75) is 13.1 Å². The third-order valence-electron chi connectivity index (χ3n) is 4.05. The Morgan fingerprint density at radius 1 is 1.17 bits per heavy atom. The average Bonchev–Trinajstić information content (AvgIpc) is 3.22. The normalized spacial score (nSPS) is 11.6. The Morgan fingerprint density at radius 3 is 2.57 bits per heavy atom. The summed E-state index contributed by atoms with van der Waals surface area (Å²) in [5, 5.41) is 6.03. The zero-order chi connectivity index (χ0) is 21.6. The molecule has 0 unspecified atom stereocenters. The third-order valence-corrected chi connectivity index (χ3v) is 4.05. The predicted octanol–water partition coefficient (Wildman–Crippen LogP) is 4.27. The van der Waals surface area contributed by atoms with E-state index in [4.69, 9.17) is 4.74 Å². The number of amides is 1. The molecule has 0 spiro atoms. The van der Waals surface area contributed by atoms with Gasteiger partial charge in [0.15, 0.2) is 0 Å². The molecule has 0 aliphatic carbocycles. The predicted molar refractivity (Wildman–Crippen MR) is 103 cm³/mol. The number of aromatic nitrogens is 2. The highest BCUT2D eigenvalue weighted by molar-refractivity contribution is 5.91. The molecule has 0 saturated heterocycles. The minimum Gasteiger partial charge on any atom is -0.492 e. The Kier molecular flexibility index (Phi) is 6.51. The van der Waals surface area contributed by atoms with E-state index >= 15 is 0 Å². The summed E-state index contributed by atoms with van der Waals surface area (Å²) in [6, 6.07) is 13.9. The van der Waals surface area contributed by atoms with Crippen molar-refractivity contribution in [3.63, 3.8) is 0 Å². The molecule has 30 heavy (non-hydrogen) atoms. The van der Waals surface area contributed by atoms with Gasteiger partial charge in [0.25, 0.3) is 0 Å². The molecule has 1 heterocycles. The Bertz CT molecular complexity index is 1030. The molecule has 0 fully saturated rings. The van der Waals surface area contributed by atoms with E-state index in [0.717, 1.165) is 11.1 Å². The lowest BCUT2D eigenvalue weighted by Crippen LogP contribution is -2.26. The second kappa shape index (κ2) is 9.25. The summed E-state index contributed by atoms with van der Waals surface area (Å²) in [7, 11) is 0. The van der Waals surface area contributed by atoms with Crippen molar-refractivity contribution >= 4 is 12.0 Å². The van der Waals surface area contributed by atoms with Gasteiger partial charge in [0.1, 0.15) is 12.4 Å². The molecule has 0 radical (unpaired) electrons. The van der Waals surface area contributed by atoms with Crippen LogP contribution in [-0.4, -0.2) is 29.2 Å². The number of carbonyl (C=O) groups is 1. The lowest BCUT2D eigenvalue weighted by Gasteiger charge is -2.07. The summed E-state index contributed by atoms with van der Waals surface area (Å²) >= 11 is 0. The largest absolute Gasteiger partial charge is 0.492 e. The standard InChI is InChI=1S/C21H18F3N3O3/c1-14-4-2-3-5-15(14)8-11-18(28)25-12-13-29-17-9-6-16(7-10-17)19-26-20(30-27-19)21(22,23)24/h2-11H,12-13H2,1H3,(H,25,28). The summed E-state index contributed by atoms with van der Waals surface area (Å²) in [4.78, 5) is 15.2. The van der Waals surface area contributed by atoms with Crippen molar-refractivity contribution in [2.24, 2.45) is 0 Å². The summed E-state index contributed by atoms with van der Waals surface area (Å²) < 4.78 is 47.3. The Morgan fingerprint density at radius 2 is 1.90 bits per heavy atom. The van der Waals surface area contributed by atoms with E-state index in [2.05, 4.69) is 20.0 Å². The van der Waals surface area contributed by atoms with E-state index in [-0.39, 0.29) is 18.3 Å². The van der Waals surface area contributed by atoms with E-state index in [1.807, 2.05) is 31.2 Å². The van der Waals surface area contributed by atoms with Crippen LogP contribution in [0.15, 0.2) is 59.1 Å². The number of hydrogen-bond acceptors (Lipinski definition) is 5. The zero-order valence-corrected chi connectivity index (χ0v) is 15.9. The summed E-state index contributed by atoms with van der Waals surface area (Å²) in [5.41, 5.74) is 2.40. The van der Waals surface area contributed by atoms with Crippen LogP contribution in [0.2, 0.25) is 0 Å². The van der Waals surface area contributed by atoms with E-state index < -0.39 is 12.1 Å². The smallest absolute Gasteiger partial charge is 0.471 e. The SMILES string of the molecule is Cc1ccccc1C=CC(=O)NCCOc1ccc(-c2noc(C(F)(F)F)n2)cc1. The fraction of sp³-hybridized carbons (Fsp3) is 0.190. The quantitative estimate of drug-likeness (QED) is 0.459. The number of nitrogens with zero attached hydrogens (tertiary/aromatic N) is 2. The van der Waals surface area contributed by atoms with Gasteiger partial charge in [-0.2, -0.15) is 18.2 Å². The number of halogens is 3. The first-order valence-corrected chi connectivity index (χ1v) is 8.98. The second-order valence-electron chi connectivity index (χ2n) is 6.27. The number of hydrogen-bond donors (Lipinski definition) is 1. The van der Waals surface area contributed by atoms with Crippen LogP contribution in [0.25, 0.3) is 17.5 Å². The van der Waals surface area contributed by atoms with Gasteiger partial charge in [0.05, 0.1) is 6.54 Å². The molecule has 1 aromatic heterocycles. The van der Waals surface area contributed by atoms with Crippen LogP contribution < -0.4 is 10.1 Å². The number of rotatable bonds is 7. The number of benzene rings is 2. The fourth-order valence-corrected chi connectivity index (χ4v) is 2.50. The maximum Gasteiger partial charge on any atom is 0.471 e. The molecule has 6 nitrogen and oxygen atoms in total. The molecule has 3 aromatic rings. The highest BCUT2D eigenvalue weighted by Crippen LogP contribution is 2.29. The maximum atomic E-state index is 12.5.